The number of nitrogens with two attached hydrogens (primary N) is 1. The molecule has 1 aliphatic rings. The number of nitrogens with one attached hydrogen (secondary N) is 1. The van der Waals surface area contributed by atoms with Gasteiger partial charge in [0, 0.05) is 42.1 Å². The maximum Gasteiger partial charge on any atom is 0.229 e. The molecule has 0 radical (unpaired) electrons. The minimum Gasteiger partial charge on any atom is -0.378 e. The van der Waals surface area contributed by atoms with Crippen LogP contribution in [0, 0.1) is 0 Å². The number of thiophene rings is 1. The SMILES string of the molecule is CS(=O)(=O)Nc1cccc(-c2csc3c(N4CCOCC4)nc(-c4cnc(N)nc4)nc23)c1. The van der Waals surface area contributed by atoms with Crippen LogP contribution in [0.4, 0.5) is 17.5 Å². The Balaban J connectivity index is 1.67. The van der Waals surface area contributed by atoms with E-state index in [0.717, 1.165) is 46.5 Å². The fourth-order valence-corrected chi connectivity index (χ4v) is 5.23. The molecule has 0 spiro atoms. The van der Waals surface area contributed by atoms with Crippen LogP contribution in [0.15, 0.2) is 42.0 Å². The van der Waals surface area contributed by atoms with Crippen LogP contribution in [0.1, 0.15) is 0 Å². The number of anilines is 3. The second-order valence-corrected chi connectivity index (χ2v) is 10.2. The monoisotopic (exact) mass is 483 g/mol. The third-order valence-corrected chi connectivity index (χ3v) is 6.69. The number of sulfonamides is 1. The van der Waals surface area contributed by atoms with Crippen LogP contribution in [-0.2, 0) is 14.8 Å². The molecule has 0 amide bonds. The van der Waals surface area contributed by atoms with Gasteiger partial charge in [0.2, 0.25) is 16.0 Å². The lowest BCUT2D eigenvalue weighted by Gasteiger charge is -2.28. The van der Waals surface area contributed by atoms with Crippen molar-refractivity contribution < 1.29 is 13.2 Å². The molecule has 0 bridgehead atoms. The highest BCUT2D eigenvalue weighted by atomic mass is 32.2. The van der Waals surface area contributed by atoms with Gasteiger partial charge in [-0.3, -0.25) is 4.72 Å². The quantitative estimate of drug-likeness (QED) is 0.439. The van der Waals surface area contributed by atoms with Crippen molar-refractivity contribution >= 4 is 49.0 Å². The lowest BCUT2D eigenvalue weighted by Crippen LogP contribution is -2.36. The van der Waals surface area contributed by atoms with Gasteiger partial charge in [-0.05, 0) is 17.7 Å². The Morgan fingerprint density at radius 3 is 2.61 bits per heavy atom. The topological polar surface area (TPSA) is 136 Å². The largest absolute Gasteiger partial charge is 0.378 e. The van der Waals surface area contributed by atoms with E-state index in [1.165, 1.54) is 0 Å². The minimum atomic E-state index is -3.39. The van der Waals surface area contributed by atoms with Gasteiger partial charge >= 0.3 is 0 Å². The maximum atomic E-state index is 11.7. The molecule has 0 atom stereocenters. The zero-order chi connectivity index (χ0) is 23.0. The lowest BCUT2D eigenvalue weighted by atomic mass is 10.1. The molecule has 5 rings (SSSR count). The average molecular weight is 484 g/mol. The van der Waals surface area contributed by atoms with Crippen LogP contribution in [0.2, 0.25) is 0 Å². The van der Waals surface area contributed by atoms with Crippen molar-refractivity contribution in [1.29, 1.82) is 0 Å². The molecule has 1 aromatic carbocycles. The van der Waals surface area contributed by atoms with E-state index in [1.807, 2.05) is 17.5 Å². The summed E-state index contributed by atoms with van der Waals surface area (Å²) in [5.41, 5.74) is 9.32. The molecule has 0 saturated carbocycles. The molecule has 170 valence electrons. The van der Waals surface area contributed by atoms with Crippen molar-refractivity contribution in [3.63, 3.8) is 0 Å². The van der Waals surface area contributed by atoms with Gasteiger partial charge in [-0.15, -0.1) is 11.3 Å². The summed E-state index contributed by atoms with van der Waals surface area (Å²) in [6.45, 7) is 2.71. The summed E-state index contributed by atoms with van der Waals surface area (Å²) in [6.07, 6.45) is 4.34. The summed E-state index contributed by atoms with van der Waals surface area (Å²) in [4.78, 5) is 20.1. The van der Waals surface area contributed by atoms with Crippen molar-refractivity contribution in [2.45, 2.75) is 0 Å². The third-order valence-electron chi connectivity index (χ3n) is 5.11. The first-order valence-electron chi connectivity index (χ1n) is 10.2. The minimum absolute atomic E-state index is 0.180. The predicted molar refractivity (Wildman–Crippen MR) is 130 cm³/mol. The number of rotatable bonds is 5. The number of aromatic nitrogens is 4. The van der Waals surface area contributed by atoms with Crippen LogP contribution in [-0.4, -0.2) is 60.9 Å². The highest BCUT2D eigenvalue weighted by molar-refractivity contribution is 7.92. The van der Waals surface area contributed by atoms with Gasteiger partial charge in [-0.25, -0.2) is 28.4 Å². The standard InChI is InChI=1S/C21H21N7O3S2/c1-33(29,30)27-15-4-2-3-13(9-15)16-12-32-18-17(16)25-19(14-10-23-21(22)24-11-14)26-20(18)28-5-7-31-8-6-28/h2-4,9-12,27H,5-8H2,1H3,(H2,22,23,24). The van der Waals surface area contributed by atoms with Crippen molar-refractivity contribution in [3.8, 4) is 22.5 Å². The molecule has 3 aromatic heterocycles. The molecule has 4 heterocycles. The van der Waals surface area contributed by atoms with Gasteiger partial charge in [0.1, 0.15) is 0 Å². The van der Waals surface area contributed by atoms with Gasteiger partial charge in [-0.1, -0.05) is 12.1 Å². The first-order chi connectivity index (χ1) is 15.9. The Labute approximate surface area is 194 Å². The molecule has 3 N–H and O–H groups in total. The van der Waals surface area contributed by atoms with Gasteiger partial charge in [0.05, 0.1) is 35.2 Å². The number of ether oxygens (including phenoxy) is 1. The van der Waals surface area contributed by atoms with Crippen LogP contribution in [0.3, 0.4) is 0 Å². The molecule has 33 heavy (non-hydrogen) atoms. The van der Waals surface area contributed by atoms with E-state index in [0.29, 0.717) is 30.3 Å². The number of hydrogen-bond acceptors (Lipinski definition) is 10. The molecule has 1 saturated heterocycles. The van der Waals surface area contributed by atoms with E-state index in [-0.39, 0.29) is 5.95 Å². The summed E-state index contributed by atoms with van der Waals surface area (Å²) in [5, 5.41) is 2.02. The number of benzene rings is 1. The fourth-order valence-electron chi connectivity index (χ4n) is 3.64. The van der Waals surface area contributed by atoms with Crippen LogP contribution in [0.25, 0.3) is 32.7 Å². The van der Waals surface area contributed by atoms with Crippen molar-refractivity contribution in [2.24, 2.45) is 0 Å². The zero-order valence-corrected chi connectivity index (χ0v) is 19.4. The summed E-state index contributed by atoms with van der Waals surface area (Å²) in [6, 6.07) is 7.25. The highest BCUT2D eigenvalue weighted by Crippen LogP contribution is 2.39. The number of morpholine rings is 1. The van der Waals surface area contributed by atoms with E-state index in [4.69, 9.17) is 20.4 Å². The van der Waals surface area contributed by atoms with Gasteiger partial charge in [0.25, 0.3) is 0 Å². The second-order valence-electron chi connectivity index (χ2n) is 7.58. The molecule has 4 aromatic rings. The molecular formula is C21H21N7O3S2. The van der Waals surface area contributed by atoms with Gasteiger partial charge < -0.3 is 15.4 Å². The van der Waals surface area contributed by atoms with Crippen molar-refractivity contribution in [2.75, 3.05) is 47.9 Å². The summed E-state index contributed by atoms with van der Waals surface area (Å²) in [7, 11) is -3.39. The van der Waals surface area contributed by atoms with Crippen molar-refractivity contribution in [1.82, 2.24) is 19.9 Å². The molecule has 0 aliphatic carbocycles. The normalized spacial score (nSPS) is 14.5. The molecule has 12 heteroatoms. The third kappa shape index (κ3) is 4.58. The summed E-state index contributed by atoms with van der Waals surface area (Å²) < 4.78 is 32.4. The number of fused-ring (bicyclic) bond motifs is 1. The first-order valence-corrected chi connectivity index (χ1v) is 12.9. The number of nitrogens with zero attached hydrogens (tertiary/aromatic N) is 5. The molecule has 1 aliphatic heterocycles. The van der Waals surface area contributed by atoms with Crippen LogP contribution >= 0.6 is 11.3 Å². The van der Waals surface area contributed by atoms with E-state index >= 15 is 0 Å². The fraction of sp³-hybridized carbons (Fsp3) is 0.238. The maximum absolute atomic E-state index is 11.7. The molecule has 0 unspecified atom stereocenters. The van der Waals surface area contributed by atoms with E-state index in [9.17, 15) is 8.42 Å². The second kappa shape index (κ2) is 8.54. The summed E-state index contributed by atoms with van der Waals surface area (Å²) in [5.74, 6) is 1.51. The highest BCUT2D eigenvalue weighted by Gasteiger charge is 2.22. The Morgan fingerprint density at radius 1 is 1.12 bits per heavy atom. The lowest BCUT2D eigenvalue weighted by molar-refractivity contribution is 0.122. The van der Waals surface area contributed by atoms with Gasteiger partial charge in [-0.2, -0.15) is 0 Å². The van der Waals surface area contributed by atoms with Crippen LogP contribution in [0.5, 0.6) is 0 Å². The number of nitrogen functional groups attached to an aromatic ring is 1. The predicted octanol–water partition coefficient (Wildman–Crippen LogP) is 2.61. The Morgan fingerprint density at radius 2 is 1.88 bits per heavy atom. The van der Waals surface area contributed by atoms with Crippen LogP contribution < -0.4 is 15.4 Å². The summed E-state index contributed by atoms with van der Waals surface area (Å²) >= 11 is 1.56. The smallest absolute Gasteiger partial charge is 0.229 e. The first kappa shape index (κ1) is 21.5. The average Bonchev–Trinajstić information content (AvgIpc) is 3.23. The van der Waals surface area contributed by atoms with E-state index < -0.39 is 10.0 Å². The molecule has 10 nitrogen and oxygen atoms in total. The Hall–Kier alpha value is -3.35. The van der Waals surface area contributed by atoms with Gasteiger partial charge in [0.15, 0.2) is 11.6 Å². The van der Waals surface area contributed by atoms with E-state index in [2.05, 4.69) is 19.6 Å². The molecule has 1 fully saturated rings. The van der Waals surface area contributed by atoms with E-state index in [1.54, 1.807) is 35.9 Å². The Bertz CT molecular complexity index is 1420. The number of hydrogen-bond donors (Lipinski definition) is 2. The van der Waals surface area contributed by atoms with Crippen molar-refractivity contribution in [3.05, 3.63) is 42.0 Å². The molecular weight excluding hydrogens is 462 g/mol. The zero-order valence-electron chi connectivity index (χ0n) is 17.7. The Kier molecular flexibility index (Phi) is 5.56.